The Labute approximate surface area is 320 Å². The van der Waals surface area contributed by atoms with Crippen LogP contribution in [0.5, 0.6) is 0 Å². The summed E-state index contributed by atoms with van der Waals surface area (Å²) in [5.41, 5.74) is 0. The van der Waals surface area contributed by atoms with Crippen LogP contribution in [0, 0.1) is 5.92 Å². The number of hydrogen-bond donors (Lipinski definition) is 2. The van der Waals surface area contributed by atoms with Crippen molar-refractivity contribution in [2.75, 3.05) is 47.5 Å². The van der Waals surface area contributed by atoms with Crippen LogP contribution < -0.4 is 0 Å². The Morgan fingerprint density at radius 2 is 1.12 bits per heavy atom. The molecular weight excluding hydrogens is 677 g/mol. The van der Waals surface area contributed by atoms with Crippen LogP contribution in [-0.4, -0.2) is 79.8 Å². The normalized spacial score (nSPS) is 14.4. The van der Waals surface area contributed by atoms with Gasteiger partial charge in [0.05, 0.1) is 27.7 Å². The van der Waals surface area contributed by atoms with Crippen molar-refractivity contribution in [1.82, 2.24) is 0 Å². The van der Waals surface area contributed by atoms with Crippen molar-refractivity contribution < 1.29 is 42.4 Å². The first-order valence-electron chi connectivity index (χ1n) is 21.3. The standard InChI is InChI=1S/C42H82NO8P/c1-6-8-10-11-12-13-14-15-16-17-18-19-23-26-29-33-41(45)39(31-9-7-2)32-28-25-22-20-21-24-27-30-34-42(46)49-37-40(44)38-51-52(47,48)50-36-35-43(3,4)5/h15-16,39-40,44H,6-14,17-38H2,1-5H3/p+1/b16-15-. The molecule has 52 heavy (non-hydrogen) atoms. The zero-order valence-electron chi connectivity index (χ0n) is 34.5. The molecular formula is C42H83NO8P+. The van der Waals surface area contributed by atoms with E-state index in [0.29, 0.717) is 16.8 Å². The topological polar surface area (TPSA) is 119 Å². The molecule has 0 aliphatic heterocycles. The molecule has 0 bridgehead atoms. The van der Waals surface area contributed by atoms with Gasteiger partial charge in [-0.05, 0) is 51.4 Å². The summed E-state index contributed by atoms with van der Waals surface area (Å²) in [7, 11) is 1.53. The van der Waals surface area contributed by atoms with Gasteiger partial charge in [0.25, 0.3) is 0 Å². The number of hydrogen-bond acceptors (Lipinski definition) is 7. The summed E-state index contributed by atoms with van der Waals surface area (Å²) in [6.45, 7) is 4.29. The Morgan fingerprint density at radius 3 is 1.67 bits per heavy atom. The molecule has 0 rings (SSSR count). The lowest BCUT2D eigenvalue weighted by atomic mass is 9.89. The van der Waals surface area contributed by atoms with Crippen LogP contribution in [-0.2, 0) is 27.9 Å². The minimum Gasteiger partial charge on any atom is -0.463 e. The maximum absolute atomic E-state index is 13.0. The summed E-state index contributed by atoms with van der Waals surface area (Å²) in [6, 6.07) is 0. The Morgan fingerprint density at radius 1 is 0.635 bits per heavy atom. The summed E-state index contributed by atoms with van der Waals surface area (Å²) >= 11 is 0. The molecule has 0 aromatic carbocycles. The monoisotopic (exact) mass is 761 g/mol. The van der Waals surface area contributed by atoms with Crippen LogP contribution in [0.4, 0.5) is 0 Å². The largest absolute Gasteiger partial charge is 0.472 e. The first-order chi connectivity index (χ1) is 24.9. The third-order valence-electron chi connectivity index (χ3n) is 9.61. The Bertz CT molecular complexity index is 922. The number of likely N-dealkylation sites (N-methyl/N-ethyl adjacent to an activating group) is 1. The highest BCUT2D eigenvalue weighted by Crippen LogP contribution is 2.43. The number of rotatable bonds is 39. The molecule has 0 spiro atoms. The molecule has 0 fully saturated rings. The highest BCUT2D eigenvalue weighted by molar-refractivity contribution is 7.47. The molecule has 10 heteroatoms. The van der Waals surface area contributed by atoms with Crippen molar-refractivity contribution in [2.45, 2.75) is 193 Å². The number of ether oxygens (including phenoxy) is 1. The molecule has 308 valence electrons. The first kappa shape index (κ1) is 50.9. The van der Waals surface area contributed by atoms with Crippen LogP contribution in [0.25, 0.3) is 0 Å². The number of aliphatic hydroxyl groups excluding tert-OH is 1. The van der Waals surface area contributed by atoms with E-state index >= 15 is 0 Å². The Hall–Kier alpha value is -1.09. The molecule has 9 nitrogen and oxygen atoms in total. The van der Waals surface area contributed by atoms with Crippen molar-refractivity contribution in [2.24, 2.45) is 5.92 Å². The lowest BCUT2D eigenvalue weighted by Gasteiger charge is -2.24. The van der Waals surface area contributed by atoms with Gasteiger partial charge < -0.3 is 19.2 Å². The Kier molecular flexibility index (Phi) is 33.7. The summed E-state index contributed by atoms with van der Waals surface area (Å²) in [5.74, 6) is 0.354. The molecule has 0 radical (unpaired) electrons. The average molecular weight is 761 g/mol. The van der Waals surface area contributed by atoms with Crippen molar-refractivity contribution >= 4 is 19.6 Å². The number of phosphoric acid groups is 1. The quantitative estimate of drug-likeness (QED) is 0.0209. The summed E-state index contributed by atoms with van der Waals surface area (Å²) < 4.78 is 27.3. The van der Waals surface area contributed by atoms with Gasteiger partial charge >= 0.3 is 13.8 Å². The minimum absolute atomic E-state index is 0.0442. The zero-order chi connectivity index (χ0) is 38.8. The van der Waals surface area contributed by atoms with Crippen LogP contribution in [0.3, 0.4) is 0 Å². The van der Waals surface area contributed by atoms with E-state index in [1.54, 1.807) is 0 Å². The fourth-order valence-corrected chi connectivity index (χ4v) is 6.92. The van der Waals surface area contributed by atoms with E-state index in [-0.39, 0.29) is 25.6 Å². The van der Waals surface area contributed by atoms with Gasteiger partial charge in [-0.1, -0.05) is 135 Å². The SMILES string of the molecule is CCCCCCCC/C=C\CCCCCCCC(=O)C(CCCC)CCCCCCCCCCC(=O)OCC(O)COP(=O)(O)OCC[N+](C)(C)C. The van der Waals surface area contributed by atoms with Gasteiger partial charge in [-0.2, -0.15) is 0 Å². The number of allylic oxidation sites excluding steroid dienone is 2. The fraction of sp³-hybridized carbons (Fsp3) is 0.905. The Balaban J connectivity index is 3.84. The second-order valence-electron chi connectivity index (χ2n) is 16.0. The van der Waals surface area contributed by atoms with Crippen LogP contribution in [0.2, 0.25) is 0 Å². The molecule has 0 amide bonds. The van der Waals surface area contributed by atoms with Gasteiger partial charge in [-0.25, -0.2) is 4.57 Å². The number of ketones is 1. The highest BCUT2D eigenvalue weighted by Gasteiger charge is 2.24. The van der Waals surface area contributed by atoms with E-state index in [9.17, 15) is 24.2 Å². The number of aliphatic hydroxyl groups is 1. The van der Waals surface area contributed by atoms with Gasteiger partial charge in [0.15, 0.2) is 0 Å². The number of carbonyl (C=O) groups excluding carboxylic acids is 2. The van der Waals surface area contributed by atoms with Crippen molar-refractivity contribution in [3.05, 3.63) is 12.2 Å². The molecule has 0 heterocycles. The third kappa shape index (κ3) is 35.9. The molecule has 3 atom stereocenters. The second kappa shape index (κ2) is 34.4. The lowest BCUT2D eigenvalue weighted by molar-refractivity contribution is -0.870. The van der Waals surface area contributed by atoms with Gasteiger partial charge in [-0.15, -0.1) is 0 Å². The number of unbranched alkanes of at least 4 members (excludes halogenated alkanes) is 19. The van der Waals surface area contributed by atoms with E-state index in [2.05, 4.69) is 26.0 Å². The minimum atomic E-state index is -4.27. The second-order valence-corrected chi connectivity index (χ2v) is 17.4. The number of quaternary nitrogens is 1. The van der Waals surface area contributed by atoms with Crippen LogP contribution >= 0.6 is 7.82 Å². The maximum Gasteiger partial charge on any atom is 0.472 e. The van der Waals surface area contributed by atoms with Crippen molar-refractivity contribution in [3.8, 4) is 0 Å². The van der Waals surface area contributed by atoms with Gasteiger partial charge in [0, 0.05) is 18.8 Å². The van der Waals surface area contributed by atoms with E-state index in [1.807, 2.05) is 21.1 Å². The lowest BCUT2D eigenvalue weighted by Crippen LogP contribution is -2.37. The number of phosphoric ester groups is 1. The molecule has 0 aromatic rings. The fourth-order valence-electron chi connectivity index (χ4n) is 6.17. The molecule has 2 N–H and O–H groups in total. The van der Waals surface area contributed by atoms with E-state index < -0.39 is 26.5 Å². The molecule has 0 saturated carbocycles. The van der Waals surface area contributed by atoms with Crippen LogP contribution in [0.1, 0.15) is 187 Å². The average Bonchev–Trinajstić information content (AvgIpc) is 3.09. The number of nitrogens with zero attached hydrogens (tertiary/aromatic N) is 1. The van der Waals surface area contributed by atoms with Gasteiger partial charge in [0.2, 0.25) is 0 Å². The maximum atomic E-state index is 13.0. The van der Waals surface area contributed by atoms with Gasteiger partial charge in [-0.3, -0.25) is 18.6 Å². The summed E-state index contributed by atoms with van der Waals surface area (Å²) in [5, 5.41) is 9.94. The van der Waals surface area contributed by atoms with E-state index in [1.165, 1.54) is 96.3 Å². The highest BCUT2D eigenvalue weighted by atomic mass is 31.2. The summed E-state index contributed by atoms with van der Waals surface area (Å²) in [6.07, 6.45) is 34.2. The number of esters is 1. The van der Waals surface area contributed by atoms with Crippen molar-refractivity contribution in [3.63, 3.8) is 0 Å². The molecule has 3 unspecified atom stereocenters. The predicted octanol–water partition coefficient (Wildman–Crippen LogP) is 11.0. The molecule has 0 saturated heterocycles. The summed E-state index contributed by atoms with van der Waals surface area (Å²) in [4.78, 5) is 34.7. The molecule has 0 aromatic heterocycles. The third-order valence-corrected chi connectivity index (χ3v) is 10.6. The first-order valence-corrected chi connectivity index (χ1v) is 22.8. The van der Waals surface area contributed by atoms with E-state index in [4.69, 9.17) is 13.8 Å². The molecule has 0 aliphatic rings. The van der Waals surface area contributed by atoms with Crippen LogP contribution in [0.15, 0.2) is 12.2 Å². The van der Waals surface area contributed by atoms with Crippen molar-refractivity contribution in [1.29, 1.82) is 0 Å². The number of Topliss-reactive ketones (excluding diaryl/α,β-unsaturated/α-hetero) is 1. The molecule has 0 aliphatic carbocycles. The zero-order valence-corrected chi connectivity index (χ0v) is 35.4. The van der Waals surface area contributed by atoms with Gasteiger partial charge in [0.1, 0.15) is 31.6 Å². The smallest absolute Gasteiger partial charge is 0.463 e. The van der Waals surface area contributed by atoms with E-state index in [0.717, 1.165) is 70.6 Å². The number of carbonyl (C=O) groups is 2. The predicted molar refractivity (Wildman–Crippen MR) is 215 cm³/mol.